The Hall–Kier alpha value is -3.86. The van der Waals surface area contributed by atoms with Gasteiger partial charge < -0.3 is 13.9 Å². The van der Waals surface area contributed by atoms with Gasteiger partial charge >= 0.3 is 5.63 Å². The second-order valence-electron chi connectivity index (χ2n) is 7.78. The molecule has 32 heavy (non-hydrogen) atoms. The van der Waals surface area contributed by atoms with Crippen LogP contribution in [0.15, 0.2) is 69.9 Å². The number of hydrogen-bond donors (Lipinski definition) is 0. The molecule has 0 saturated carbocycles. The van der Waals surface area contributed by atoms with Crippen molar-refractivity contribution in [1.82, 2.24) is 0 Å². The number of fused-ring (bicyclic) bond motifs is 1. The summed E-state index contributed by atoms with van der Waals surface area (Å²) in [5.74, 6) is 1.18. The number of benzene rings is 3. The fourth-order valence-electron chi connectivity index (χ4n) is 3.72. The Balaban J connectivity index is 1.70. The Morgan fingerprint density at radius 2 is 1.69 bits per heavy atom. The van der Waals surface area contributed by atoms with Crippen LogP contribution in [0, 0.1) is 13.8 Å². The number of rotatable bonds is 6. The number of methoxy groups -OCH3 is 2. The van der Waals surface area contributed by atoms with Crippen LogP contribution in [-0.4, -0.2) is 20.0 Å². The Labute approximate surface area is 186 Å². The van der Waals surface area contributed by atoms with Gasteiger partial charge in [0, 0.05) is 28.5 Å². The molecule has 0 saturated heterocycles. The number of Topliss-reactive ketones (excluding diaryl/α,β-unsaturated/α-hetero) is 1. The van der Waals surface area contributed by atoms with E-state index in [1.165, 1.54) is 0 Å². The van der Waals surface area contributed by atoms with E-state index in [-0.39, 0.29) is 12.2 Å². The van der Waals surface area contributed by atoms with Gasteiger partial charge in [-0.3, -0.25) is 4.79 Å². The highest BCUT2D eigenvalue weighted by atomic mass is 16.5. The van der Waals surface area contributed by atoms with Crippen molar-refractivity contribution in [3.63, 3.8) is 0 Å². The lowest BCUT2D eigenvalue weighted by atomic mass is 9.97. The van der Waals surface area contributed by atoms with Crippen LogP contribution in [0.4, 0.5) is 0 Å². The van der Waals surface area contributed by atoms with Crippen molar-refractivity contribution < 1.29 is 18.7 Å². The van der Waals surface area contributed by atoms with Gasteiger partial charge in [-0.25, -0.2) is 4.79 Å². The van der Waals surface area contributed by atoms with Crippen molar-refractivity contribution in [2.24, 2.45) is 0 Å². The molecule has 0 aliphatic carbocycles. The third kappa shape index (κ3) is 4.14. The largest absolute Gasteiger partial charge is 0.497 e. The van der Waals surface area contributed by atoms with Gasteiger partial charge in [0.1, 0.15) is 17.1 Å². The van der Waals surface area contributed by atoms with Crippen molar-refractivity contribution in [3.05, 3.63) is 93.3 Å². The predicted octanol–water partition coefficient (Wildman–Crippen LogP) is 5.52. The molecule has 1 aromatic heterocycles. The first kappa shape index (κ1) is 21.4. The maximum absolute atomic E-state index is 13.1. The van der Waals surface area contributed by atoms with E-state index in [1.807, 2.05) is 50.2 Å². The van der Waals surface area contributed by atoms with Gasteiger partial charge in [-0.1, -0.05) is 12.1 Å². The van der Waals surface area contributed by atoms with Crippen LogP contribution in [-0.2, 0) is 6.42 Å². The smallest absolute Gasteiger partial charge is 0.339 e. The molecule has 0 unspecified atom stereocenters. The van der Waals surface area contributed by atoms with Crippen molar-refractivity contribution in [2.75, 3.05) is 14.2 Å². The van der Waals surface area contributed by atoms with E-state index in [0.717, 1.165) is 27.6 Å². The minimum absolute atomic E-state index is 0.0466. The van der Waals surface area contributed by atoms with Gasteiger partial charge in [0.05, 0.1) is 14.2 Å². The van der Waals surface area contributed by atoms with E-state index in [4.69, 9.17) is 13.9 Å². The summed E-state index contributed by atoms with van der Waals surface area (Å²) in [5.41, 5.74) is 4.65. The molecule has 3 aromatic carbocycles. The summed E-state index contributed by atoms with van der Waals surface area (Å²) < 4.78 is 16.3. The average Bonchev–Trinajstić information content (AvgIpc) is 2.80. The predicted molar refractivity (Wildman–Crippen MR) is 125 cm³/mol. The van der Waals surface area contributed by atoms with E-state index < -0.39 is 5.63 Å². The minimum atomic E-state index is -0.490. The lowest BCUT2D eigenvalue weighted by molar-refractivity contribution is 0.0992. The maximum Gasteiger partial charge on any atom is 0.339 e. The molecular weight excluding hydrogens is 404 g/mol. The first-order chi connectivity index (χ1) is 15.4. The second-order valence-corrected chi connectivity index (χ2v) is 7.78. The number of aryl methyl sites for hydroxylation is 2. The lowest BCUT2D eigenvalue weighted by Gasteiger charge is -2.12. The van der Waals surface area contributed by atoms with E-state index in [9.17, 15) is 9.59 Å². The zero-order valence-corrected chi connectivity index (χ0v) is 18.5. The van der Waals surface area contributed by atoms with Crippen LogP contribution in [0.25, 0.3) is 22.1 Å². The molecule has 0 spiro atoms. The fraction of sp³-hybridized carbons (Fsp3) is 0.185. The molecule has 1 heterocycles. The molecule has 0 N–H and O–H groups in total. The monoisotopic (exact) mass is 428 g/mol. The molecule has 0 bridgehead atoms. The van der Waals surface area contributed by atoms with Crippen LogP contribution < -0.4 is 15.1 Å². The summed E-state index contributed by atoms with van der Waals surface area (Å²) in [6.45, 7) is 3.97. The Kier molecular flexibility index (Phi) is 5.82. The van der Waals surface area contributed by atoms with Crippen LogP contribution in [0.1, 0.15) is 27.0 Å². The molecule has 0 amide bonds. The maximum atomic E-state index is 13.1. The molecule has 0 aliphatic rings. The molecule has 0 fully saturated rings. The highest BCUT2D eigenvalue weighted by Gasteiger charge is 2.16. The number of ether oxygens (including phenoxy) is 2. The molecule has 0 aliphatic heterocycles. The summed E-state index contributed by atoms with van der Waals surface area (Å²) in [7, 11) is 3.19. The molecule has 0 atom stereocenters. The molecule has 162 valence electrons. The van der Waals surface area contributed by atoms with Crippen molar-refractivity contribution in [3.8, 4) is 22.6 Å². The van der Waals surface area contributed by atoms with Gasteiger partial charge in [0.25, 0.3) is 0 Å². The second kappa shape index (κ2) is 8.71. The van der Waals surface area contributed by atoms with E-state index in [0.29, 0.717) is 28.2 Å². The third-order valence-electron chi connectivity index (χ3n) is 5.67. The third-order valence-corrected chi connectivity index (χ3v) is 5.67. The van der Waals surface area contributed by atoms with Crippen LogP contribution >= 0.6 is 0 Å². The number of carbonyl (C=O) groups is 1. The Morgan fingerprint density at radius 1 is 0.906 bits per heavy atom. The van der Waals surface area contributed by atoms with Gasteiger partial charge in [-0.15, -0.1) is 0 Å². The van der Waals surface area contributed by atoms with Gasteiger partial charge in [0.2, 0.25) is 0 Å². The SMILES string of the molecule is COc1cccc(-c2cc(C(=O)Cc3cc4cc(C)c(C)cc4oc3=O)ccc2OC)c1. The average molecular weight is 428 g/mol. The van der Waals surface area contributed by atoms with Gasteiger partial charge in [-0.05, 0) is 79.1 Å². The van der Waals surface area contributed by atoms with Crippen molar-refractivity contribution in [2.45, 2.75) is 20.3 Å². The number of ketones is 1. The van der Waals surface area contributed by atoms with Crippen molar-refractivity contribution in [1.29, 1.82) is 0 Å². The quantitative estimate of drug-likeness (QED) is 0.299. The summed E-state index contributed by atoms with van der Waals surface area (Å²) in [4.78, 5) is 25.6. The fourth-order valence-corrected chi connectivity index (χ4v) is 3.72. The van der Waals surface area contributed by atoms with E-state index in [2.05, 4.69) is 0 Å². The highest BCUT2D eigenvalue weighted by Crippen LogP contribution is 2.33. The van der Waals surface area contributed by atoms with E-state index >= 15 is 0 Å². The van der Waals surface area contributed by atoms with Crippen LogP contribution in [0.5, 0.6) is 11.5 Å². The molecule has 4 aromatic rings. The van der Waals surface area contributed by atoms with Crippen LogP contribution in [0.3, 0.4) is 0 Å². The molecular formula is C27H24O5. The lowest BCUT2D eigenvalue weighted by Crippen LogP contribution is -2.13. The number of carbonyl (C=O) groups excluding carboxylic acids is 1. The van der Waals surface area contributed by atoms with Crippen molar-refractivity contribution >= 4 is 16.8 Å². The highest BCUT2D eigenvalue weighted by molar-refractivity contribution is 5.99. The standard InChI is InChI=1S/C27H24O5/c1-16-10-20-12-21(27(29)32-26(20)11-17(16)2)15-24(28)19-8-9-25(31-4)23(14-19)18-6-5-7-22(13-18)30-3/h5-14H,15H2,1-4H3. The van der Waals surface area contributed by atoms with E-state index in [1.54, 1.807) is 38.5 Å². The van der Waals surface area contributed by atoms with Crippen LogP contribution in [0.2, 0.25) is 0 Å². The Morgan fingerprint density at radius 3 is 2.44 bits per heavy atom. The summed E-state index contributed by atoms with van der Waals surface area (Å²) >= 11 is 0. The normalized spacial score (nSPS) is 10.9. The molecule has 5 heteroatoms. The zero-order chi connectivity index (χ0) is 22.8. The topological polar surface area (TPSA) is 65.7 Å². The summed E-state index contributed by atoms with van der Waals surface area (Å²) in [6.07, 6.45) is -0.0466. The molecule has 0 radical (unpaired) electrons. The summed E-state index contributed by atoms with van der Waals surface area (Å²) in [6, 6.07) is 18.4. The summed E-state index contributed by atoms with van der Waals surface area (Å²) in [5, 5.41) is 0.808. The first-order valence-corrected chi connectivity index (χ1v) is 10.3. The Bertz CT molecular complexity index is 1380. The molecule has 4 rings (SSSR count). The molecule has 5 nitrogen and oxygen atoms in total. The minimum Gasteiger partial charge on any atom is -0.497 e. The van der Waals surface area contributed by atoms with Gasteiger partial charge in [-0.2, -0.15) is 0 Å². The first-order valence-electron chi connectivity index (χ1n) is 10.3. The van der Waals surface area contributed by atoms with Gasteiger partial charge in [0.15, 0.2) is 5.78 Å². The zero-order valence-electron chi connectivity index (χ0n) is 18.5. The number of hydrogen-bond acceptors (Lipinski definition) is 5.